The van der Waals surface area contributed by atoms with Crippen molar-refractivity contribution >= 4 is 27.8 Å². The summed E-state index contributed by atoms with van der Waals surface area (Å²) in [7, 11) is 0. The number of carbonyl (C=O) groups excluding carboxylic acids is 1. The van der Waals surface area contributed by atoms with E-state index in [0.29, 0.717) is 6.54 Å². The van der Waals surface area contributed by atoms with Crippen LogP contribution in [0.25, 0.3) is 0 Å². The largest absolute Gasteiger partial charge is 0.480 e. The van der Waals surface area contributed by atoms with Gasteiger partial charge in [-0.1, -0.05) is 35.0 Å². The molecule has 3 N–H and O–H groups in total. The van der Waals surface area contributed by atoms with Crippen LogP contribution in [0.15, 0.2) is 28.7 Å². The van der Waals surface area contributed by atoms with Crippen LogP contribution < -0.4 is 5.73 Å². The zero-order valence-electron chi connectivity index (χ0n) is 13.8. The zero-order chi connectivity index (χ0) is 17.7. The molecule has 0 spiro atoms. The van der Waals surface area contributed by atoms with Crippen LogP contribution in [0.1, 0.15) is 31.4 Å². The van der Waals surface area contributed by atoms with Gasteiger partial charge in [0.05, 0.1) is 6.54 Å². The molecule has 24 heavy (non-hydrogen) atoms. The SMILES string of the molecule is CCN(CC(=O)O)C1CCN(C(C(N)=O)c2ccc(Br)cc2)CC1. The van der Waals surface area contributed by atoms with Crippen molar-refractivity contribution in [2.24, 2.45) is 5.73 Å². The van der Waals surface area contributed by atoms with Crippen molar-refractivity contribution in [3.63, 3.8) is 0 Å². The molecule has 1 fully saturated rings. The standard InChI is InChI=1S/C17H24BrN3O3/c1-2-20(11-15(22)23)14-7-9-21(10-8-14)16(17(19)24)12-3-5-13(18)6-4-12/h3-6,14,16H,2,7-11H2,1H3,(H2,19,24)(H,22,23). The van der Waals surface area contributed by atoms with Crippen LogP contribution in [0.5, 0.6) is 0 Å². The van der Waals surface area contributed by atoms with Gasteiger partial charge < -0.3 is 10.8 Å². The van der Waals surface area contributed by atoms with Crippen LogP contribution in [0.2, 0.25) is 0 Å². The van der Waals surface area contributed by atoms with E-state index in [-0.39, 0.29) is 18.5 Å². The summed E-state index contributed by atoms with van der Waals surface area (Å²) >= 11 is 3.40. The van der Waals surface area contributed by atoms with Crippen molar-refractivity contribution in [2.75, 3.05) is 26.2 Å². The summed E-state index contributed by atoms with van der Waals surface area (Å²) in [6, 6.07) is 7.44. The number of benzene rings is 1. The minimum atomic E-state index is -0.802. The molecule has 7 heteroatoms. The number of halogens is 1. The van der Waals surface area contributed by atoms with Gasteiger partial charge in [-0.05, 0) is 37.1 Å². The molecular formula is C17H24BrN3O3. The van der Waals surface area contributed by atoms with Crippen molar-refractivity contribution in [1.29, 1.82) is 0 Å². The predicted octanol–water partition coefficient (Wildman–Crippen LogP) is 1.85. The Kier molecular flexibility index (Phi) is 6.77. The van der Waals surface area contributed by atoms with E-state index in [1.165, 1.54) is 0 Å². The van der Waals surface area contributed by atoms with Gasteiger partial charge in [-0.3, -0.25) is 19.4 Å². The van der Waals surface area contributed by atoms with Crippen molar-refractivity contribution in [3.05, 3.63) is 34.3 Å². The number of carboxylic acids is 1. The summed E-state index contributed by atoms with van der Waals surface area (Å²) in [6.07, 6.45) is 1.67. The summed E-state index contributed by atoms with van der Waals surface area (Å²) in [6.45, 7) is 4.20. The third-order valence-corrected chi connectivity index (χ3v) is 5.11. The van der Waals surface area contributed by atoms with Crippen LogP contribution in [0.3, 0.4) is 0 Å². The van der Waals surface area contributed by atoms with E-state index >= 15 is 0 Å². The Morgan fingerprint density at radius 2 is 1.92 bits per heavy atom. The first-order chi connectivity index (χ1) is 11.4. The predicted molar refractivity (Wildman–Crippen MR) is 95.6 cm³/mol. The van der Waals surface area contributed by atoms with Crippen LogP contribution in [-0.2, 0) is 9.59 Å². The molecule has 1 aliphatic rings. The normalized spacial score (nSPS) is 17.8. The maximum atomic E-state index is 12.0. The monoisotopic (exact) mass is 397 g/mol. The molecule has 132 valence electrons. The Balaban J connectivity index is 2.04. The molecule has 1 aliphatic heterocycles. The average Bonchev–Trinajstić information content (AvgIpc) is 2.55. The third kappa shape index (κ3) is 4.78. The Morgan fingerprint density at radius 3 is 2.38 bits per heavy atom. The molecule has 0 aromatic heterocycles. The topological polar surface area (TPSA) is 86.9 Å². The molecular weight excluding hydrogens is 374 g/mol. The number of aliphatic carboxylic acids is 1. The lowest BCUT2D eigenvalue weighted by Gasteiger charge is -2.40. The Morgan fingerprint density at radius 1 is 1.33 bits per heavy atom. The fourth-order valence-electron chi connectivity index (χ4n) is 3.38. The van der Waals surface area contributed by atoms with Gasteiger partial charge in [0.1, 0.15) is 6.04 Å². The van der Waals surface area contributed by atoms with Gasteiger partial charge in [0.2, 0.25) is 5.91 Å². The van der Waals surface area contributed by atoms with Crippen molar-refractivity contribution in [1.82, 2.24) is 9.80 Å². The fraction of sp³-hybridized carbons (Fsp3) is 0.529. The number of hydrogen-bond donors (Lipinski definition) is 2. The zero-order valence-corrected chi connectivity index (χ0v) is 15.4. The first kappa shape index (κ1) is 18.9. The number of likely N-dealkylation sites (tertiary alicyclic amines) is 1. The minimum absolute atomic E-state index is 0.0626. The van der Waals surface area contributed by atoms with Crippen molar-refractivity contribution in [2.45, 2.75) is 31.8 Å². The molecule has 1 aromatic carbocycles. The van der Waals surface area contributed by atoms with Crippen LogP contribution in [-0.4, -0.2) is 59.0 Å². The highest BCUT2D eigenvalue weighted by atomic mass is 79.9. The number of primary amides is 1. The van der Waals surface area contributed by atoms with E-state index in [2.05, 4.69) is 20.8 Å². The molecule has 6 nitrogen and oxygen atoms in total. The number of rotatable bonds is 7. The number of piperidine rings is 1. The van der Waals surface area contributed by atoms with Crippen LogP contribution in [0, 0.1) is 0 Å². The maximum absolute atomic E-state index is 12.0. The van der Waals surface area contributed by atoms with E-state index in [1.54, 1.807) is 0 Å². The van der Waals surface area contributed by atoms with Crippen molar-refractivity contribution in [3.8, 4) is 0 Å². The van der Waals surface area contributed by atoms with E-state index in [9.17, 15) is 9.59 Å². The highest BCUT2D eigenvalue weighted by Crippen LogP contribution is 2.27. The molecule has 0 saturated carbocycles. The summed E-state index contributed by atoms with van der Waals surface area (Å²) in [5, 5.41) is 9.01. The molecule has 1 amide bonds. The summed E-state index contributed by atoms with van der Waals surface area (Å²) in [5.74, 6) is -1.15. The molecule has 1 heterocycles. The van der Waals surface area contributed by atoms with Gasteiger partial charge in [0.15, 0.2) is 0 Å². The summed E-state index contributed by atoms with van der Waals surface area (Å²) in [5.41, 5.74) is 6.53. The smallest absolute Gasteiger partial charge is 0.317 e. The molecule has 2 rings (SSSR count). The number of nitrogens with two attached hydrogens (primary N) is 1. The number of carboxylic acid groups (broad SMARTS) is 1. The first-order valence-electron chi connectivity index (χ1n) is 8.17. The Hall–Kier alpha value is -1.44. The third-order valence-electron chi connectivity index (χ3n) is 4.58. The van der Waals surface area contributed by atoms with Gasteiger partial charge in [-0.15, -0.1) is 0 Å². The number of likely N-dealkylation sites (N-methyl/N-ethyl adjacent to an activating group) is 1. The van der Waals surface area contributed by atoms with Crippen LogP contribution >= 0.6 is 15.9 Å². The van der Waals surface area contributed by atoms with E-state index < -0.39 is 12.0 Å². The van der Waals surface area contributed by atoms with Gasteiger partial charge in [-0.25, -0.2) is 0 Å². The van der Waals surface area contributed by atoms with Crippen LogP contribution in [0.4, 0.5) is 0 Å². The lowest BCUT2D eigenvalue weighted by Crippen LogP contribution is -2.49. The number of carbonyl (C=O) groups is 2. The summed E-state index contributed by atoms with van der Waals surface area (Å²) < 4.78 is 0.959. The van der Waals surface area contributed by atoms with Gasteiger partial charge in [0, 0.05) is 23.6 Å². The highest BCUT2D eigenvalue weighted by molar-refractivity contribution is 9.10. The van der Waals surface area contributed by atoms with Gasteiger partial charge in [-0.2, -0.15) is 0 Å². The van der Waals surface area contributed by atoms with Crippen molar-refractivity contribution < 1.29 is 14.7 Å². The molecule has 1 aromatic rings. The molecule has 1 saturated heterocycles. The molecule has 1 unspecified atom stereocenters. The molecule has 1 atom stereocenters. The van der Waals surface area contributed by atoms with Gasteiger partial charge >= 0.3 is 5.97 Å². The quantitative estimate of drug-likeness (QED) is 0.732. The van der Waals surface area contributed by atoms with Gasteiger partial charge in [0.25, 0.3) is 0 Å². The number of amides is 1. The molecule has 0 bridgehead atoms. The number of hydrogen-bond acceptors (Lipinski definition) is 4. The molecule has 0 aliphatic carbocycles. The second kappa shape index (κ2) is 8.60. The van der Waals surface area contributed by atoms with E-state index in [0.717, 1.165) is 36.0 Å². The van der Waals surface area contributed by atoms with E-state index in [1.807, 2.05) is 36.1 Å². The lowest BCUT2D eigenvalue weighted by molar-refractivity contribution is -0.139. The Labute approximate surface area is 150 Å². The van der Waals surface area contributed by atoms with E-state index in [4.69, 9.17) is 10.8 Å². The highest BCUT2D eigenvalue weighted by Gasteiger charge is 2.31. The lowest BCUT2D eigenvalue weighted by atomic mass is 9.98. The maximum Gasteiger partial charge on any atom is 0.317 e. The first-order valence-corrected chi connectivity index (χ1v) is 8.96. The minimum Gasteiger partial charge on any atom is -0.480 e. The summed E-state index contributed by atoms with van der Waals surface area (Å²) in [4.78, 5) is 27.0. The second-order valence-electron chi connectivity index (χ2n) is 6.08. The number of nitrogens with zero attached hydrogens (tertiary/aromatic N) is 2. The Bertz CT molecular complexity index is 571. The fourth-order valence-corrected chi connectivity index (χ4v) is 3.65. The molecule has 0 radical (unpaired) electrons. The second-order valence-corrected chi connectivity index (χ2v) is 7.00. The average molecular weight is 398 g/mol.